The molecule has 3 fully saturated rings. The summed E-state index contributed by atoms with van der Waals surface area (Å²) in [5.74, 6) is 0.649. The van der Waals surface area contributed by atoms with Crippen molar-refractivity contribution < 1.29 is 9.59 Å². The van der Waals surface area contributed by atoms with Gasteiger partial charge in [-0.05, 0) is 52.0 Å². The highest BCUT2D eigenvalue weighted by Crippen LogP contribution is 2.26. The van der Waals surface area contributed by atoms with Gasteiger partial charge in [-0.3, -0.25) is 19.2 Å². The van der Waals surface area contributed by atoms with E-state index < -0.39 is 0 Å². The van der Waals surface area contributed by atoms with Crippen molar-refractivity contribution in [2.24, 2.45) is 13.0 Å². The van der Waals surface area contributed by atoms with Gasteiger partial charge in [-0.2, -0.15) is 5.10 Å². The molecule has 4 heterocycles. The van der Waals surface area contributed by atoms with Gasteiger partial charge in [0.2, 0.25) is 5.91 Å². The van der Waals surface area contributed by atoms with Gasteiger partial charge in [0.25, 0.3) is 5.91 Å². The molecule has 7 nitrogen and oxygen atoms in total. The van der Waals surface area contributed by atoms with Crippen LogP contribution in [0.15, 0.2) is 6.20 Å². The minimum Gasteiger partial charge on any atom is -0.342 e. The minimum atomic E-state index is 0.102. The van der Waals surface area contributed by atoms with Gasteiger partial charge in [-0.15, -0.1) is 0 Å². The number of amides is 2. The Morgan fingerprint density at radius 3 is 2.32 bits per heavy atom. The molecule has 0 aliphatic carbocycles. The molecule has 154 valence electrons. The summed E-state index contributed by atoms with van der Waals surface area (Å²) in [5, 5.41) is 4.30. The Hall–Kier alpha value is -1.89. The Kier molecular flexibility index (Phi) is 5.71. The van der Waals surface area contributed by atoms with Crippen molar-refractivity contribution in [1.29, 1.82) is 0 Å². The number of carbonyl (C=O) groups excluding carboxylic acids is 2. The second-order valence-corrected chi connectivity index (χ2v) is 8.69. The molecule has 7 heteroatoms. The van der Waals surface area contributed by atoms with E-state index in [-0.39, 0.29) is 11.8 Å². The molecule has 1 atom stereocenters. The van der Waals surface area contributed by atoms with E-state index in [0.717, 1.165) is 89.1 Å². The Bertz CT molecular complexity index is 716. The molecule has 0 spiro atoms. The van der Waals surface area contributed by atoms with Crippen molar-refractivity contribution in [2.45, 2.75) is 51.5 Å². The third-order valence-electron chi connectivity index (χ3n) is 6.73. The second-order valence-electron chi connectivity index (χ2n) is 8.69. The van der Waals surface area contributed by atoms with Crippen LogP contribution in [0, 0.1) is 12.8 Å². The first kappa shape index (κ1) is 19.4. The van der Waals surface area contributed by atoms with Crippen molar-refractivity contribution >= 4 is 11.8 Å². The predicted molar refractivity (Wildman–Crippen MR) is 107 cm³/mol. The Balaban J connectivity index is 1.31. The molecule has 3 aliphatic heterocycles. The summed E-state index contributed by atoms with van der Waals surface area (Å²) in [6.45, 7) is 7.36. The second kappa shape index (κ2) is 8.23. The quantitative estimate of drug-likeness (QED) is 0.792. The molecule has 0 radical (unpaired) electrons. The molecule has 4 rings (SSSR count). The van der Waals surface area contributed by atoms with Crippen molar-refractivity contribution in [2.75, 3.05) is 39.3 Å². The highest BCUT2D eigenvalue weighted by molar-refractivity contribution is 5.95. The van der Waals surface area contributed by atoms with Gasteiger partial charge in [-0.25, -0.2) is 0 Å². The van der Waals surface area contributed by atoms with Gasteiger partial charge in [0.05, 0.1) is 17.2 Å². The van der Waals surface area contributed by atoms with E-state index in [1.54, 1.807) is 4.68 Å². The number of likely N-dealkylation sites (tertiary alicyclic amines) is 3. The van der Waals surface area contributed by atoms with E-state index in [4.69, 9.17) is 0 Å². The zero-order valence-corrected chi connectivity index (χ0v) is 17.3. The maximum atomic E-state index is 12.8. The molecule has 28 heavy (non-hydrogen) atoms. The molecular weight excluding hydrogens is 354 g/mol. The third kappa shape index (κ3) is 3.95. The summed E-state index contributed by atoms with van der Waals surface area (Å²) in [5.41, 5.74) is 1.52. The number of piperidine rings is 2. The highest BCUT2D eigenvalue weighted by atomic mass is 16.2. The van der Waals surface area contributed by atoms with Crippen LogP contribution in [0.1, 0.15) is 54.6 Å². The molecule has 0 bridgehead atoms. The molecule has 1 aromatic heterocycles. The molecular formula is C21H33N5O2. The van der Waals surface area contributed by atoms with E-state index in [2.05, 4.69) is 14.9 Å². The van der Waals surface area contributed by atoms with Gasteiger partial charge in [0, 0.05) is 52.0 Å². The summed E-state index contributed by atoms with van der Waals surface area (Å²) < 4.78 is 1.71. The number of aryl methyl sites for hydroxylation is 2. The smallest absolute Gasteiger partial charge is 0.257 e. The van der Waals surface area contributed by atoms with Crippen LogP contribution in [-0.4, -0.2) is 81.6 Å². The average Bonchev–Trinajstić information content (AvgIpc) is 3.37. The van der Waals surface area contributed by atoms with Crippen molar-refractivity contribution in [3.8, 4) is 0 Å². The molecule has 2 amide bonds. The normalized spacial score (nSPS) is 24.7. The van der Waals surface area contributed by atoms with E-state index >= 15 is 0 Å². The van der Waals surface area contributed by atoms with E-state index in [1.165, 1.54) is 0 Å². The van der Waals surface area contributed by atoms with Crippen molar-refractivity contribution in [3.05, 3.63) is 17.5 Å². The van der Waals surface area contributed by atoms with E-state index in [1.807, 2.05) is 25.1 Å². The number of aromatic nitrogens is 2. The summed E-state index contributed by atoms with van der Waals surface area (Å²) in [7, 11) is 1.85. The zero-order valence-electron chi connectivity index (χ0n) is 17.3. The standard InChI is InChI=1S/C21H33N5O2/c1-16-19(15-23(2)22-16)21(28)25-12-7-18(8-13-25)26-11-5-6-17(14-26)20(27)24-9-3-4-10-24/h15,17-18H,3-14H2,1-2H3. The lowest BCUT2D eigenvalue weighted by atomic mass is 9.92. The first-order valence-electron chi connectivity index (χ1n) is 10.9. The lowest BCUT2D eigenvalue weighted by Crippen LogP contribution is -2.51. The first-order valence-corrected chi connectivity index (χ1v) is 10.9. The lowest BCUT2D eigenvalue weighted by Gasteiger charge is -2.42. The Morgan fingerprint density at radius 1 is 0.964 bits per heavy atom. The van der Waals surface area contributed by atoms with E-state index in [0.29, 0.717) is 11.9 Å². The van der Waals surface area contributed by atoms with Gasteiger partial charge < -0.3 is 9.80 Å². The Morgan fingerprint density at radius 2 is 1.68 bits per heavy atom. The molecule has 3 saturated heterocycles. The molecule has 3 aliphatic rings. The van der Waals surface area contributed by atoms with Crippen molar-refractivity contribution in [1.82, 2.24) is 24.5 Å². The van der Waals surface area contributed by atoms with Crippen LogP contribution in [0.4, 0.5) is 0 Å². The molecule has 0 saturated carbocycles. The lowest BCUT2D eigenvalue weighted by molar-refractivity contribution is -0.136. The highest BCUT2D eigenvalue weighted by Gasteiger charge is 2.35. The van der Waals surface area contributed by atoms with Gasteiger partial charge in [0.1, 0.15) is 0 Å². The van der Waals surface area contributed by atoms with E-state index in [9.17, 15) is 9.59 Å². The molecule has 0 N–H and O–H groups in total. The minimum absolute atomic E-state index is 0.102. The summed E-state index contributed by atoms with van der Waals surface area (Å²) in [6, 6.07) is 0.494. The maximum Gasteiger partial charge on any atom is 0.257 e. The fraction of sp³-hybridized carbons (Fsp3) is 0.762. The molecule has 1 unspecified atom stereocenters. The number of hydrogen-bond acceptors (Lipinski definition) is 4. The maximum absolute atomic E-state index is 12.8. The number of carbonyl (C=O) groups is 2. The summed E-state index contributed by atoms with van der Waals surface area (Å²) in [4.78, 5) is 32.2. The van der Waals surface area contributed by atoms with Crippen LogP contribution in [-0.2, 0) is 11.8 Å². The fourth-order valence-electron chi connectivity index (χ4n) is 5.15. The Labute approximate surface area is 167 Å². The fourth-order valence-corrected chi connectivity index (χ4v) is 5.15. The van der Waals surface area contributed by atoms with Gasteiger partial charge in [-0.1, -0.05) is 0 Å². The number of rotatable bonds is 3. The molecule has 1 aromatic rings. The summed E-state index contributed by atoms with van der Waals surface area (Å²) in [6.07, 6.45) is 8.27. The van der Waals surface area contributed by atoms with Gasteiger partial charge in [0.15, 0.2) is 0 Å². The largest absolute Gasteiger partial charge is 0.342 e. The predicted octanol–water partition coefficient (Wildman–Crippen LogP) is 1.67. The average molecular weight is 388 g/mol. The van der Waals surface area contributed by atoms with Gasteiger partial charge >= 0.3 is 0 Å². The van der Waals surface area contributed by atoms with Crippen molar-refractivity contribution in [3.63, 3.8) is 0 Å². The summed E-state index contributed by atoms with van der Waals surface area (Å²) >= 11 is 0. The number of hydrogen-bond donors (Lipinski definition) is 0. The van der Waals surface area contributed by atoms with Crippen LogP contribution in [0.25, 0.3) is 0 Å². The third-order valence-corrected chi connectivity index (χ3v) is 6.73. The topological polar surface area (TPSA) is 61.7 Å². The van der Waals surface area contributed by atoms with Crippen LogP contribution in [0.3, 0.4) is 0 Å². The first-order chi connectivity index (χ1) is 13.5. The van der Waals surface area contributed by atoms with Crippen LogP contribution < -0.4 is 0 Å². The zero-order chi connectivity index (χ0) is 19.7. The molecule has 0 aromatic carbocycles. The SMILES string of the molecule is Cc1nn(C)cc1C(=O)N1CCC(N2CCCC(C(=O)N3CCCC3)C2)CC1. The van der Waals surface area contributed by atoms with Crippen LogP contribution >= 0.6 is 0 Å². The van der Waals surface area contributed by atoms with Crippen LogP contribution in [0.5, 0.6) is 0 Å². The number of nitrogens with zero attached hydrogens (tertiary/aromatic N) is 5. The monoisotopic (exact) mass is 387 g/mol. The van der Waals surface area contributed by atoms with Crippen LogP contribution in [0.2, 0.25) is 0 Å².